The summed E-state index contributed by atoms with van der Waals surface area (Å²) in [4.78, 5) is 23.8. The third kappa shape index (κ3) is 20.3. The van der Waals surface area contributed by atoms with E-state index in [1.807, 2.05) is 9.80 Å². The molecule has 0 spiro atoms. The van der Waals surface area contributed by atoms with Crippen LogP contribution in [0.4, 0.5) is 0 Å². The van der Waals surface area contributed by atoms with Gasteiger partial charge in [-0.1, -0.05) is 25.7 Å². The minimum Gasteiger partial charge on any atom is -0.329 e. The van der Waals surface area contributed by atoms with Crippen molar-refractivity contribution in [2.24, 2.45) is 22.9 Å². The first-order valence-corrected chi connectivity index (χ1v) is 15.9. The molecule has 0 aliphatic rings. The molecule has 0 saturated carbocycles. The molecule has 0 rings (SSSR count). The molecule has 0 saturated heterocycles. The van der Waals surface area contributed by atoms with Crippen molar-refractivity contribution in [3.8, 4) is 0 Å². The predicted octanol–water partition coefficient (Wildman–Crippen LogP) is 0.170. The second-order valence-corrected chi connectivity index (χ2v) is 12.3. The Morgan fingerprint density at radius 2 is 0.824 bits per heavy atom. The van der Waals surface area contributed by atoms with E-state index in [-0.39, 0.29) is 25.5 Å². The first kappa shape index (κ1) is 34.1. The Kier molecular flexibility index (Phi) is 21.2. The zero-order valence-electron chi connectivity index (χ0n) is 20.8. The minimum absolute atomic E-state index is 0.0692. The maximum Gasteiger partial charge on any atom is 0.329 e. The first-order valence-electron chi connectivity index (χ1n) is 12.4. The molecule has 0 heterocycles. The third-order valence-electron chi connectivity index (χ3n) is 5.30. The number of hydrogen-bond donors (Lipinski definition) is 6. The molecule has 10 N–H and O–H groups in total. The van der Waals surface area contributed by atoms with Gasteiger partial charge in [0.05, 0.1) is 25.5 Å². The lowest BCUT2D eigenvalue weighted by Gasteiger charge is -2.22. The zero-order valence-corrected chi connectivity index (χ0v) is 22.6. The maximum absolute atomic E-state index is 12.1. The Hall–Kier alpha value is 0.0600. The monoisotopic (exact) mass is 532 g/mol. The van der Waals surface area contributed by atoms with Crippen molar-refractivity contribution < 1.29 is 28.0 Å². The van der Waals surface area contributed by atoms with Crippen LogP contribution in [-0.4, -0.2) is 111 Å². The van der Waals surface area contributed by atoms with Gasteiger partial charge in [0.2, 0.25) is 0 Å². The molecule has 0 aliphatic carbocycles. The van der Waals surface area contributed by atoms with E-state index in [9.17, 15) is 18.9 Å². The molecular formula is C20H50N6O6P2. The number of hydrogen-bond acceptors (Lipinski definition) is 10. The summed E-state index contributed by atoms with van der Waals surface area (Å²) < 4.78 is 34.7. The van der Waals surface area contributed by atoms with Gasteiger partial charge in [-0.2, -0.15) is 0 Å². The van der Waals surface area contributed by atoms with E-state index in [4.69, 9.17) is 32.0 Å². The quantitative estimate of drug-likeness (QED) is 0.0688. The Labute approximate surface area is 205 Å². The van der Waals surface area contributed by atoms with Crippen molar-refractivity contribution in [2.45, 2.75) is 38.5 Å². The van der Waals surface area contributed by atoms with Crippen molar-refractivity contribution >= 4 is 15.2 Å². The van der Waals surface area contributed by atoms with Gasteiger partial charge in [-0.05, 0) is 12.8 Å². The summed E-state index contributed by atoms with van der Waals surface area (Å²) in [6.07, 6.45) is 5.27. The molecule has 2 atom stereocenters. The summed E-state index contributed by atoms with van der Waals surface area (Å²) in [5, 5.41) is 0. The van der Waals surface area contributed by atoms with Crippen molar-refractivity contribution in [1.82, 2.24) is 9.80 Å². The molecule has 0 bridgehead atoms. The van der Waals surface area contributed by atoms with Crippen LogP contribution in [0.5, 0.6) is 0 Å². The van der Waals surface area contributed by atoms with Gasteiger partial charge in [0.1, 0.15) is 0 Å². The molecule has 0 aromatic carbocycles. The van der Waals surface area contributed by atoms with Gasteiger partial charge >= 0.3 is 15.2 Å². The SMILES string of the molecule is NCCN(CCN)CCP(=O)(O)OCCCCCCCCOP(=O)(O)CCN(CCN)CCN. The average molecular weight is 533 g/mol. The van der Waals surface area contributed by atoms with Crippen LogP contribution >= 0.6 is 15.2 Å². The summed E-state index contributed by atoms with van der Waals surface area (Å²) >= 11 is 0. The molecule has 0 aliphatic heterocycles. The zero-order chi connectivity index (χ0) is 25.7. The van der Waals surface area contributed by atoms with Gasteiger partial charge < -0.3 is 51.6 Å². The molecule has 34 heavy (non-hydrogen) atoms. The fourth-order valence-corrected chi connectivity index (χ4v) is 5.55. The van der Waals surface area contributed by atoms with Crippen LogP contribution in [0.3, 0.4) is 0 Å². The van der Waals surface area contributed by atoms with Gasteiger partial charge in [0, 0.05) is 65.4 Å². The van der Waals surface area contributed by atoms with Crippen LogP contribution in [-0.2, 0) is 18.2 Å². The molecule has 0 fully saturated rings. The second-order valence-electron chi connectivity index (χ2n) is 8.35. The number of nitrogens with zero attached hydrogens (tertiary/aromatic N) is 2. The molecule has 12 nitrogen and oxygen atoms in total. The molecule has 206 valence electrons. The molecule has 0 aromatic rings. The number of rotatable bonds is 25. The molecule has 14 heteroatoms. The van der Waals surface area contributed by atoms with Crippen LogP contribution in [0.25, 0.3) is 0 Å². The van der Waals surface area contributed by atoms with E-state index < -0.39 is 15.2 Å². The largest absolute Gasteiger partial charge is 0.329 e. The number of nitrogens with two attached hydrogens (primary N) is 4. The van der Waals surface area contributed by atoms with E-state index >= 15 is 0 Å². The second kappa shape index (κ2) is 21.2. The molecule has 0 radical (unpaired) electrons. The normalized spacial score (nSPS) is 15.6. The highest BCUT2D eigenvalue weighted by Crippen LogP contribution is 2.42. The topological polar surface area (TPSA) is 204 Å². The van der Waals surface area contributed by atoms with E-state index in [1.54, 1.807) is 0 Å². The van der Waals surface area contributed by atoms with Gasteiger partial charge in [0.15, 0.2) is 0 Å². The van der Waals surface area contributed by atoms with E-state index in [0.29, 0.717) is 78.3 Å². The van der Waals surface area contributed by atoms with Crippen LogP contribution in [0.2, 0.25) is 0 Å². The van der Waals surface area contributed by atoms with E-state index in [2.05, 4.69) is 0 Å². The maximum atomic E-state index is 12.1. The van der Waals surface area contributed by atoms with Crippen molar-refractivity contribution in [3.63, 3.8) is 0 Å². The summed E-state index contributed by atoms with van der Waals surface area (Å²) in [6, 6.07) is 0. The predicted molar refractivity (Wildman–Crippen MR) is 138 cm³/mol. The van der Waals surface area contributed by atoms with Crippen molar-refractivity contribution in [2.75, 3.05) is 91.0 Å². The molecule has 2 unspecified atom stereocenters. The van der Waals surface area contributed by atoms with Gasteiger partial charge in [-0.3, -0.25) is 9.13 Å². The molecular weight excluding hydrogens is 482 g/mol. The molecule has 0 amide bonds. The average Bonchev–Trinajstić information content (AvgIpc) is 2.78. The minimum atomic E-state index is -3.61. The summed E-state index contributed by atoms with van der Waals surface area (Å²) in [6.45, 7) is 5.84. The fourth-order valence-electron chi connectivity index (χ4n) is 3.39. The van der Waals surface area contributed by atoms with Crippen LogP contribution in [0, 0.1) is 0 Å². The smallest absolute Gasteiger partial charge is 0.329 e. The summed E-state index contributed by atoms with van der Waals surface area (Å²) in [7, 11) is -7.21. The fraction of sp³-hybridized carbons (Fsp3) is 1.00. The Morgan fingerprint density at radius 3 is 1.12 bits per heavy atom. The number of unbranched alkanes of at least 4 members (excludes halogenated alkanes) is 5. The highest BCUT2D eigenvalue weighted by molar-refractivity contribution is 7.53. The highest BCUT2D eigenvalue weighted by Gasteiger charge is 2.21. The van der Waals surface area contributed by atoms with Crippen LogP contribution in [0.15, 0.2) is 0 Å². The van der Waals surface area contributed by atoms with Crippen LogP contribution < -0.4 is 22.9 Å². The van der Waals surface area contributed by atoms with Crippen LogP contribution in [0.1, 0.15) is 38.5 Å². The highest BCUT2D eigenvalue weighted by atomic mass is 31.2. The van der Waals surface area contributed by atoms with Gasteiger partial charge in [-0.15, -0.1) is 0 Å². The summed E-state index contributed by atoms with van der Waals surface area (Å²) in [5.41, 5.74) is 22.2. The molecule has 0 aromatic heterocycles. The Morgan fingerprint density at radius 1 is 0.529 bits per heavy atom. The standard InChI is InChI=1S/C20H50N6O6P2/c21-7-11-25(12-8-22)15-19-33(27,28)31-17-5-3-1-2-4-6-18-32-34(29,30)20-16-26(13-9-23)14-10-24/h1-24H2,(H,27,28)(H,29,30). The third-order valence-corrected chi connectivity index (χ3v) is 8.01. The van der Waals surface area contributed by atoms with E-state index in [1.165, 1.54) is 0 Å². The Balaban J connectivity index is 3.78. The lowest BCUT2D eigenvalue weighted by Crippen LogP contribution is -2.36. The van der Waals surface area contributed by atoms with E-state index in [0.717, 1.165) is 25.7 Å². The lowest BCUT2D eigenvalue weighted by atomic mass is 10.1. The lowest BCUT2D eigenvalue weighted by molar-refractivity contribution is 0.237. The van der Waals surface area contributed by atoms with Gasteiger partial charge in [-0.25, -0.2) is 0 Å². The Bertz CT molecular complexity index is 518. The summed E-state index contributed by atoms with van der Waals surface area (Å²) in [5.74, 6) is 0. The first-order chi connectivity index (χ1) is 16.2. The van der Waals surface area contributed by atoms with Gasteiger partial charge in [0.25, 0.3) is 0 Å². The van der Waals surface area contributed by atoms with Crippen molar-refractivity contribution in [3.05, 3.63) is 0 Å². The van der Waals surface area contributed by atoms with Crippen molar-refractivity contribution in [1.29, 1.82) is 0 Å².